The van der Waals surface area contributed by atoms with E-state index in [0.717, 1.165) is 54.9 Å². The molecule has 2 aromatic heterocycles. The number of rotatable bonds is 7. The number of piperazine rings is 1. The van der Waals surface area contributed by atoms with Crippen molar-refractivity contribution in [2.75, 3.05) is 41.3 Å². The van der Waals surface area contributed by atoms with Crippen LogP contribution in [0.3, 0.4) is 0 Å². The molecule has 2 aliphatic heterocycles. The Balaban J connectivity index is 1.19. The molecule has 1 aromatic carbocycles. The highest BCUT2D eigenvalue weighted by atomic mass is 79.9. The lowest BCUT2D eigenvalue weighted by Gasteiger charge is -2.48. The molecule has 5 rings (SSSR count). The van der Waals surface area contributed by atoms with Gasteiger partial charge < -0.3 is 29.9 Å². The first kappa shape index (κ1) is 29.6. The van der Waals surface area contributed by atoms with Gasteiger partial charge >= 0.3 is 11.9 Å². The van der Waals surface area contributed by atoms with Crippen LogP contribution in [0.15, 0.2) is 58.1 Å². The summed E-state index contributed by atoms with van der Waals surface area (Å²) in [6, 6.07) is 11.1. The van der Waals surface area contributed by atoms with Crippen molar-refractivity contribution in [3.63, 3.8) is 0 Å². The van der Waals surface area contributed by atoms with Crippen LogP contribution in [0.25, 0.3) is 0 Å². The lowest BCUT2D eigenvalue weighted by atomic mass is 9.94. The van der Waals surface area contributed by atoms with Crippen molar-refractivity contribution in [2.45, 2.75) is 44.8 Å². The SMILES string of the molecule is CC1CN([C@@H]2CCN(c3ccc(C(=O)O)c(C(=O)O)c3)[C@@H](C)C2)CCN1c1ccc(Nc2cc(Br)cn(C)c2=O)nc1. The van der Waals surface area contributed by atoms with Crippen molar-refractivity contribution in [2.24, 2.45) is 7.05 Å². The second-order valence-electron chi connectivity index (χ2n) is 11.1. The number of aryl methyl sites for hydroxylation is 1. The number of nitrogens with zero attached hydrogens (tertiary/aromatic N) is 5. The van der Waals surface area contributed by atoms with Crippen LogP contribution in [-0.4, -0.2) is 80.9 Å². The van der Waals surface area contributed by atoms with Crippen molar-refractivity contribution in [3.05, 3.63) is 74.7 Å². The molecule has 2 fully saturated rings. The molecule has 0 aliphatic carbocycles. The maximum absolute atomic E-state index is 12.4. The molecule has 11 nitrogen and oxygen atoms in total. The van der Waals surface area contributed by atoms with Gasteiger partial charge in [-0.05, 0) is 79.0 Å². The Hall–Kier alpha value is -3.90. The second-order valence-corrected chi connectivity index (χ2v) is 12.0. The van der Waals surface area contributed by atoms with Crippen molar-refractivity contribution < 1.29 is 19.8 Å². The topological polar surface area (TPSA) is 131 Å². The second kappa shape index (κ2) is 12.1. The number of piperidine rings is 1. The molecule has 0 bridgehead atoms. The van der Waals surface area contributed by atoms with Crippen molar-refractivity contribution in [3.8, 4) is 0 Å². The largest absolute Gasteiger partial charge is 0.478 e. The summed E-state index contributed by atoms with van der Waals surface area (Å²) in [7, 11) is 1.71. The number of aromatic carboxylic acids is 2. The fourth-order valence-corrected chi connectivity index (χ4v) is 6.70. The van der Waals surface area contributed by atoms with Gasteiger partial charge in [-0.25, -0.2) is 14.6 Å². The van der Waals surface area contributed by atoms with Crippen molar-refractivity contribution in [1.82, 2.24) is 14.5 Å². The van der Waals surface area contributed by atoms with Crippen molar-refractivity contribution >= 4 is 50.7 Å². The van der Waals surface area contributed by atoms with Gasteiger partial charge in [-0.3, -0.25) is 9.69 Å². The summed E-state index contributed by atoms with van der Waals surface area (Å²) in [6.45, 7) is 7.84. The Bertz CT molecular complexity index is 1540. The third kappa shape index (κ3) is 6.14. The Kier molecular flexibility index (Phi) is 8.55. The van der Waals surface area contributed by atoms with E-state index in [1.165, 1.54) is 16.7 Å². The van der Waals surface area contributed by atoms with E-state index in [1.54, 1.807) is 25.4 Å². The summed E-state index contributed by atoms with van der Waals surface area (Å²) in [6.07, 6.45) is 5.44. The van der Waals surface area contributed by atoms with Crippen LogP contribution in [-0.2, 0) is 7.05 Å². The minimum absolute atomic E-state index is 0.130. The van der Waals surface area contributed by atoms with E-state index in [2.05, 4.69) is 54.8 Å². The first-order valence-corrected chi connectivity index (χ1v) is 14.8. The van der Waals surface area contributed by atoms with E-state index < -0.39 is 11.9 Å². The molecule has 0 saturated carbocycles. The predicted molar refractivity (Wildman–Crippen MR) is 165 cm³/mol. The summed E-state index contributed by atoms with van der Waals surface area (Å²) >= 11 is 3.42. The molecule has 0 spiro atoms. The molecule has 1 unspecified atom stereocenters. The first-order chi connectivity index (χ1) is 20.0. The molecule has 12 heteroatoms. The highest BCUT2D eigenvalue weighted by Crippen LogP contribution is 2.31. The van der Waals surface area contributed by atoms with Crippen LogP contribution in [0, 0.1) is 0 Å². The molecule has 0 radical (unpaired) electrons. The number of benzene rings is 1. The summed E-state index contributed by atoms with van der Waals surface area (Å²) in [5.41, 5.74) is 1.72. The molecule has 4 heterocycles. The number of hydrogen-bond donors (Lipinski definition) is 3. The van der Waals surface area contributed by atoms with Gasteiger partial charge in [0.2, 0.25) is 0 Å². The number of nitrogens with one attached hydrogen (secondary N) is 1. The van der Waals surface area contributed by atoms with Gasteiger partial charge in [0.1, 0.15) is 11.5 Å². The number of aromatic nitrogens is 2. The number of carboxylic acid groups (broad SMARTS) is 2. The van der Waals surface area contributed by atoms with Crippen LogP contribution < -0.4 is 20.7 Å². The maximum Gasteiger partial charge on any atom is 0.336 e. The number of anilines is 4. The minimum Gasteiger partial charge on any atom is -0.478 e. The lowest BCUT2D eigenvalue weighted by molar-refractivity contribution is 0.0651. The number of halogens is 1. The van der Waals surface area contributed by atoms with Gasteiger partial charge in [-0.15, -0.1) is 0 Å². The van der Waals surface area contributed by atoms with E-state index in [1.807, 2.05) is 18.3 Å². The number of hydrogen-bond acceptors (Lipinski definition) is 8. The third-order valence-corrected chi connectivity index (χ3v) is 8.75. The fourth-order valence-electron chi connectivity index (χ4n) is 6.17. The van der Waals surface area contributed by atoms with E-state index >= 15 is 0 Å². The summed E-state index contributed by atoms with van der Waals surface area (Å²) in [5, 5.41) is 22.0. The highest BCUT2D eigenvalue weighted by molar-refractivity contribution is 9.10. The zero-order valence-electron chi connectivity index (χ0n) is 23.8. The van der Waals surface area contributed by atoms with Crippen LogP contribution in [0.1, 0.15) is 47.4 Å². The predicted octanol–water partition coefficient (Wildman–Crippen LogP) is 4.25. The average molecular weight is 640 g/mol. The number of carbonyl (C=O) groups is 2. The maximum atomic E-state index is 12.4. The molecule has 3 N–H and O–H groups in total. The number of pyridine rings is 2. The molecule has 222 valence electrons. The molecular weight excluding hydrogens is 604 g/mol. The fraction of sp³-hybridized carbons (Fsp3) is 0.400. The van der Waals surface area contributed by atoms with Crippen LogP contribution in [0.5, 0.6) is 0 Å². The van der Waals surface area contributed by atoms with Crippen LogP contribution in [0.4, 0.5) is 22.9 Å². The zero-order valence-corrected chi connectivity index (χ0v) is 25.4. The van der Waals surface area contributed by atoms with Gasteiger partial charge in [-0.1, -0.05) is 0 Å². The molecule has 0 amide bonds. The Morgan fingerprint density at radius 2 is 1.67 bits per heavy atom. The van der Waals surface area contributed by atoms with Crippen LogP contribution >= 0.6 is 15.9 Å². The molecule has 3 atom stereocenters. The van der Waals surface area contributed by atoms with E-state index in [9.17, 15) is 24.6 Å². The third-order valence-electron chi connectivity index (χ3n) is 8.31. The Labute approximate surface area is 252 Å². The van der Waals surface area contributed by atoms with Gasteiger partial charge in [0.15, 0.2) is 0 Å². The van der Waals surface area contributed by atoms with E-state index in [4.69, 9.17) is 0 Å². The van der Waals surface area contributed by atoms with Gasteiger partial charge in [0, 0.05) is 67.7 Å². The molecular formula is C30H35BrN6O5. The Morgan fingerprint density at radius 3 is 2.31 bits per heavy atom. The highest BCUT2D eigenvalue weighted by Gasteiger charge is 2.34. The van der Waals surface area contributed by atoms with E-state index in [0.29, 0.717) is 17.5 Å². The lowest BCUT2D eigenvalue weighted by Crippen LogP contribution is -2.58. The van der Waals surface area contributed by atoms with Crippen LogP contribution in [0.2, 0.25) is 0 Å². The minimum atomic E-state index is -1.24. The molecule has 2 aliphatic rings. The Morgan fingerprint density at radius 1 is 0.952 bits per heavy atom. The molecule has 42 heavy (non-hydrogen) atoms. The average Bonchev–Trinajstić information content (AvgIpc) is 2.95. The monoisotopic (exact) mass is 638 g/mol. The van der Waals surface area contributed by atoms with Gasteiger partial charge in [-0.2, -0.15) is 0 Å². The zero-order chi connectivity index (χ0) is 30.1. The standard InChI is InChI=1S/C30H35BrN6O5/c1-18-12-21(8-9-36(18)22-4-6-24(29(39)40)25(14-22)30(41)42)35-10-11-37(19(2)16-35)23-5-7-27(32-15-23)33-26-13-20(31)17-34(3)28(26)38/h4-7,13-15,17-19,21H,8-12,16H2,1-3H3,(H,32,33)(H,39,40)(H,41,42)/t18-,19?,21+/m0/s1. The van der Waals surface area contributed by atoms with Gasteiger partial charge in [0.05, 0.1) is 23.0 Å². The molecule has 3 aromatic rings. The summed E-state index contributed by atoms with van der Waals surface area (Å²) in [4.78, 5) is 47.2. The summed E-state index contributed by atoms with van der Waals surface area (Å²) in [5.74, 6) is -1.87. The normalized spacial score (nSPS) is 21.3. The van der Waals surface area contributed by atoms with E-state index in [-0.39, 0.29) is 28.8 Å². The summed E-state index contributed by atoms with van der Waals surface area (Å²) < 4.78 is 2.32. The van der Waals surface area contributed by atoms with Crippen molar-refractivity contribution in [1.29, 1.82) is 0 Å². The van der Waals surface area contributed by atoms with Gasteiger partial charge in [0.25, 0.3) is 5.56 Å². The smallest absolute Gasteiger partial charge is 0.336 e. The first-order valence-electron chi connectivity index (χ1n) is 14.0. The quantitative estimate of drug-likeness (QED) is 0.345. The molecule has 2 saturated heterocycles. The number of carboxylic acids is 2.